The highest BCUT2D eigenvalue weighted by Crippen LogP contribution is 2.43. The van der Waals surface area contributed by atoms with E-state index in [0.717, 1.165) is 11.5 Å². The maximum Gasteiger partial charge on any atom is 0.227 e. The minimum absolute atomic E-state index is 0.0239. The maximum atomic E-state index is 12.0. The van der Waals surface area contributed by atoms with Crippen molar-refractivity contribution < 1.29 is 9.53 Å². The summed E-state index contributed by atoms with van der Waals surface area (Å²) in [7, 11) is 1.67. The van der Waals surface area contributed by atoms with Crippen LogP contribution in [0.3, 0.4) is 0 Å². The minimum Gasteiger partial charge on any atom is -0.497 e. The van der Waals surface area contributed by atoms with Crippen LogP contribution in [0.1, 0.15) is 11.5 Å². The summed E-state index contributed by atoms with van der Waals surface area (Å²) in [5, 5.41) is 6.47. The highest BCUT2D eigenvalue weighted by atomic mass is 32.2. The molecule has 1 aromatic carbocycles. The molecule has 18 heavy (non-hydrogen) atoms. The molecular weight excluding hydrogens is 248 g/mol. The third kappa shape index (κ3) is 1.97. The zero-order valence-electron chi connectivity index (χ0n) is 10.2. The van der Waals surface area contributed by atoms with E-state index in [-0.39, 0.29) is 23.1 Å². The van der Waals surface area contributed by atoms with Crippen LogP contribution in [0, 0.1) is 5.92 Å². The number of methoxy groups -OCH3 is 1. The van der Waals surface area contributed by atoms with Gasteiger partial charge in [-0.15, -0.1) is 11.8 Å². The summed E-state index contributed by atoms with van der Waals surface area (Å²) in [5.74, 6) is 2.28. The average Bonchev–Trinajstić information content (AvgIpc) is 2.84. The lowest BCUT2D eigenvalue weighted by Crippen LogP contribution is -2.52. The number of carbonyl (C=O) groups excluding carboxylic acids is 1. The van der Waals surface area contributed by atoms with Crippen LogP contribution in [0.25, 0.3) is 0 Å². The van der Waals surface area contributed by atoms with Crippen molar-refractivity contribution in [2.45, 2.75) is 11.3 Å². The lowest BCUT2D eigenvalue weighted by molar-refractivity contribution is -0.127. The number of hydrogen-bond acceptors (Lipinski definition) is 4. The zero-order chi connectivity index (χ0) is 12.5. The quantitative estimate of drug-likeness (QED) is 0.841. The molecule has 3 rings (SSSR count). The van der Waals surface area contributed by atoms with Crippen molar-refractivity contribution in [1.82, 2.24) is 10.6 Å². The van der Waals surface area contributed by atoms with E-state index in [4.69, 9.17) is 4.74 Å². The fourth-order valence-corrected chi connectivity index (χ4v) is 4.20. The molecule has 0 radical (unpaired) electrons. The fraction of sp³-hybridized carbons (Fsp3) is 0.462. The Morgan fingerprint density at radius 1 is 1.44 bits per heavy atom. The second-order valence-corrected chi connectivity index (χ2v) is 5.76. The normalized spacial score (nSPS) is 30.7. The molecule has 3 atom stereocenters. The van der Waals surface area contributed by atoms with E-state index >= 15 is 0 Å². The summed E-state index contributed by atoms with van der Waals surface area (Å²) in [6.07, 6.45) is 0. The van der Waals surface area contributed by atoms with Gasteiger partial charge in [-0.25, -0.2) is 0 Å². The van der Waals surface area contributed by atoms with Gasteiger partial charge in [0.1, 0.15) is 5.75 Å². The van der Waals surface area contributed by atoms with E-state index in [0.29, 0.717) is 6.67 Å². The summed E-state index contributed by atoms with van der Waals surface area (Å²) < 4.78 is 5.25. The molecule has 0 aliphatic carbocycles. The van der Waals surface area contributed by atoms with Crippen molar-refractivity contribution in [2.75, 3.05) is 19.5 Å². The predicted molar refractivity (Wildman–Crippen MR) is 71.6 cm³/mol. The molecule has 2 aliphatic rings. The molecule has 2 aliphatic heterocycles. The fourth-order valence-electron chi connectivity index (χ4n) is 2.66. The Morgan fingerprint density at radius 3 is 3.17 bits per heavy atom. The number of carbonyl (C=O) groups is 1. The van der Waals surface area contributed by atoms with Crippen molar-refractivity contribution >= 4 is 17.7 Å². The van der Waals surface area contributed by atoms with Gasteiger partial charge < -0.3 is 10.1 Å². The highest BCUT2D eigenvalue weighted by molar-refractivity contribution is 8.00. The Kier molecular flexibility index (Phi) is 3.18. The molecule has 0 bridgehead atoms. The second kappa shape index (κ2) is 4.82. The summed E-state index contributed by atoms with van der Waals surface area (Å²) in [6, 6.07) is 8.04. The summed E-state index contributed by atoms with van der Waals surface area (Å²) in [4.78, 5) is 12.0. The van der Waals surface area contributed by atoms with Gasteiger partial charge in [-0.3, -0.25) is 10.1 Å². The van der Waals surface area contributed by atoms with Gasteiger partial charge >= 0.3 is 0 Å². The van der Waals surface area contributed by atoms with Crippen molar-refractivity contribution in [3.63, 3.8) is 0 Å². The minimum atomic E-state index is 0.0239. The first kappa shape index (κ1) is 11.9. The Balaban J connectivity index is 1.89. The first-order chi connectivity index (χ1) is 8.79. The van der Waals surface area contributed by atoms with Gasteiger partial charge in [-0.2, -0.15) is 0 Å². The molecule has 5 heteroatoms. The van der Waals surface area contributed by atoms with Crippen LogP contribution in [0.5, 0.6) is 5.75 Å². The average molecular weight is 264 g/mol. The van der Waals surface area contributed by atoms with Crippen molar-refractivity contribution in [3.05, 3.63) is 29.8 Å². The van der Waals surface area contributed by atoms with Crippen LogP contribution < -0.4 is 15.4 Å². The molecule has 2 N–H and O–H groups in total. The van der Waals surface area contributed by atoms with Gasteiger partial charge in [0, 0.05) is 11.7 Å². The van der Waals surface area contributed by atoms with Gasteiger partial charge in [0.25, 0.3) is 0 Å². The molecule has 2 saturated heterocycles. The van der Waals surface area contributed by atoms with Crippen LogP contribution >= 0.6 is 11.8 Å². The van der Waals surface area contributed by atoms with Crippen molar-refractivity contribution in [3.8, 4) is 5.75 Å². The third-order valence-corrected chi connectivity index (χ3v) is 4.98. The van der Waals surface area contributed by atoms with Crippen LogP contribution in [-0.2, 0) is 4.79 Å². The standard InChI is InChI=1S/C13H16N2O2S/c1-17-9-4-2-3-8(5-9)10-6-18-13-11(10)12(16)14-7-15-13/h2-5,10-11,13,15H,6-7H2,1H3,(H,14,16). The number of benzene rings is 1. The van der Waals surface area contributed by atoms with E-state index in [2.05, 4.69) is 16.7 Å². The molecule has 3 unspecified atom stereocenters. The molecule has 1 amide bonds. The van der Waals surface area contributed by atoms with Crippen LogP contribution in [0.15, 0.2) is 24.3 Å². The van der Waals surface area contributed by atoms with Crippen molar-refractivity contribution in [1.29, 1.82) is 0 Å². The van der Waals surface area contributed by atoms with E-state index in [9.17, 15) is 4.79 Å². The number of hydrogen-bond donors (Lipinski definition) is 2. The number of ether oxygens (including phenoxy) is 1. The van der Waals surface area contributed by atoms with Gasteiger partial charge in [0.2, 0.25) is 5.91 Å². The predicted octanol–water partition coefficient (Wildman–Crippen LogP) is 1.14. The Labute approximate surface area is 110 Å². The Morgan fingerprint density at radius 2 is 2.33 bits per heavy atom. The SMILES string of the molecule is COc1cccc(C2CSC3NCNC(=O)C32)c1. The molecule has 1 aromatic rings. The van der Waals surface area contributed by atoms with Gasteiger partial charge in [0.15, 0.2) is 0 Å². The van der Waals surface area contributed by atoms with Gasteiger partial charge in [-0.1, -0.05) is 12.1 Å². The summed E-state index contributed by atoms with van der Waals surface area (Å²) in [6.45, 7) is 0.581. The summed E-state index contributed by atoms with van der Waals surface area (Å²) in [5.41, 5.74) is 1.19. The molecule has 0 aromatic heterocycles. The molecule has 96 valence electrons. The third-order valence-electron chi connectivity index (χ3n) is 3.61. The molecule has 4 nitrogen and oxygen atoms in total. The molecule has 0 spiro atoms. The van der Waals surface area contributed by atoms with E-state index in [1.807, 2.05) is 30.0 Å². The number of nitrogens with one attached hydrogen (secondary N) is 2. The number of thioether (sulfide) groups is 1. The summed E-state index contributed by atoms with van der Waals surface area (Å²) >= 11 is 1.83. The zero-order valence-corrected chi connectivity index (χ0v) is 11.0. The van der Waals surface area contributed by atoms with Crippen LogP contribution in [0.2, 0.25) is 0 Å². The van der Waals surface area contributed by atoms with E-state index in [1.54, 1.807) is 7.11 Å². The first-order valence-electron chi connectivity index (χ1n) is 6.06. The van der Waals surface area contributed by atoms with Crippen LogP contribution in [0.4, 0.5) is 0 Å². The molecule has 2 heterocycles. The topological polar surface area (TPSA) is 50.4 Å². The number of fused-ring (bicyclic) bond motifs is 1. The number of rotatable bonds is 2. The van der Waals surface area contributed by atoms with Crippen LogP contribution in [-0.4, -0.2) is 30.8 Å². The molecular formula is C13H16N2O2S. The smallest absolute Gasteiger partial charge is 0.227 e. The van der Waals surface area contributed by atoms with Crippen molar-refractivity contribution in [2.24, 2.45) is 5.92 Å². The number of amides is 1. The monoisotopic (exact) mass is 264 g/mol. The maximum absolute atomic E-state index is 12.0. The highest BCUT2D eigenvalue weighted by Gasteiger charge is 2.44. The van der Waals surface area contributed by atoms with Gasteiger partial charge in [-0.05, 0) is 17.7 Å². The molecule has 2 fully saturated rings. The lowest BCUT2D eigenvalue weighted by atomic mass is 9.86. The Hall–Kier alpha value is -1.20. The largest absolute Gasteiger partial charge is 0.497 e. The second-order valence-electron chi connectivity index (χ2n) is 4.58. The molecule has 0 saturated carbocycles. The van der Waals surface area contributed by atoms with E-state index < -0.39 is 0 Å². The van der Waals surface area contributed by atoms with Gasteiger partial charge in [0.05, 0.1) is 25.1 Å². The first-order valence-corrected chi connectivity index (χ1v) is 7.11. The lowest BCUT2D eigenvalue weighted by Gasteiger charge is -2.29. The van der Waals surface area contributed by atoms with E-state index in [1.165, 1.54) is 5.56 Å². The Bertz CT molecular complexity index is 466.